The molecule has 0 aliphatic heterocycles. The topological polar surface area (TPSA) is 86.8 Å². The molecule has 0 bridgehead atoms. The minimum atomic E-state index is -3.80. The smallest absolute Gasteiger partial charge is 0.244 e. The molecule has 0 aromatic heterocycles. The second kappa shape index (κ2) is 12.7. The number of hydrogen-bond donors (Lipinski definition) is 1. The van der Waals surface area contributed by atoms with Crippen LogP contribution in [-0.2, 0) is 32.6 Å². The number of sulfonamides is 1. The van der Waals surface area contributed by atoms with Crippen LogP contribution in [0.25, 0.3) is 0 Å². The van der Waals surface area contributed by atoms with Crippen molar-refractivity contribution in [1.29, 1.82) is 0 Å². The Morgan fingerprint density at radius 3 is 2.18 bits per heavy atom. The zero-order valence-corrected chi connectivity index (χ0v) is 23.6. The van der Waals surface area contributed by atoms with Gasteiger partial charge in [0.25, 0.3) is 0 Å². The van der Waals surface area contributed by atoms with Crippen molar-refractivity contribution >= 4 is 27.5 Å². The van der Waals surface area contributed by atoms with Gasteiger partial charge in [-0.25, -0.2) is 8.42 Å². The van der Waals surface area contributed by atoms with Crippen LogP contribution in [0.15, 0.2) is 72.8 Å². The Bertz CT molecular complexity index is 1370. The molecule has 8 heteroatoms. The second-order valence-corrected chi connectivity index (χ2v) is 11.5. The monoisotopic (exact) mass is 535 g/mol. The van der Waals surface area contributed by atoms with Crippen LogP contribution < -0.4 is 9.62 Å². The Morgan fingerprint density at radius 1 is 0.895 bits per heavy atom. The third kappa shape index (κ3) is 7.44. The number of hydrogen-bond acceptors (Lipinski definition) is 4. The van der Waals surface area contributed by atoms with Gasteiger partial charge in [-0.05, 0) is 56.0 Å². The molecule has 3 aromatic carbocycles. The lowest BCUT2D eigenvalue weighted by Gasteiger charge is -2.34. The van der Waals surface area contributed by atoms with Crippen molar-refractivity contribution in [3.05, 3.63) is 101 Å². The number of nitrogens with zero attached hydrogens (tertiary/aromatic N) is 2. The number of likely N-dealkylation sites (N-methyl/N-ethyl adjacent to an activating group) is 1. The van der Waals surface area contributed by atoms with E-state index in [1.807, 2.05) is 88.4 Å². The Morgan fingerprint density at radius 2 is 1.55 bits per heavy atom. The maximum atomic E-state index is 14.0. The van der Waals surface area contributed by atoms with Crippen molar-refractivity contribution in [2.24, 2.45) is 0 Å². The number of carbonyl (C=O) groups excluding carboxylic acids is 2. The lowest BCUT2D eigenvalue weighted by Crippen LogP contribution is -2.53. The summed E-state index contributed by atoms with van der Waals surface area (Å²) in [4.78, 5) is 28.9. The predicted molar refractivity (Wildman–Crippen MR) is 152 cm³/mol. The van der Waals surface area contributed by atoms with E-state index < -0.39 is 28.5 Å². The first-order valence-corrected chi connectivity index (χ1v) is 14.6. The summed E-state index contributed by atoms with van der Waals surface area (Å²) in [6, 6.07) is 21.8. The zero-order valence-electron chi connectivity index (χ0n) is 22.8. The highest BCUT2D eigenvalue weighted by molar-refractivity contribution is 7.92. The Kier molecular flexibility index (Phi) is 9.69. The fourth-order valence-electron chi connectivity index (χ4n) is 4.45. The number of aryl methyl sites for hydroxylation is 2. The number of rotatable bonds is 11. The minimum absolute atomic E-state index is 0.166. The van der Waals surface area contributed by atoms with Gasteiger partial charge < -0.3 is 10.2 Å². The molecule has 0 saturated carbocycles. The van der Waals surface area contributed by atoms with E-state index in [4.69, 9.17) is 0 Å². The van der Waals surface area contributed by atoms with E-state index in [-0.39, 0.29) is 12.5 Å². The third-order valence-electron chi connectivity index (χ3n) is 6.58. The summed E-state index contributed by atoms with van der Waals surface area (Å²) >= 11 is 0. The van der Waals surface area contributed by atoms with Crippen LogP contribution in [0.4, 0.5) is 5.69 Å². The highest BCUT2D eigenvalue weighted by Crippen LogP contribution is 2.26. The second-order valence-electron chi connectivity index (χ2n) is 9.60. The number of carbonyl (C=O) groups is 2. The summed E-state index contributed by atoms with van der Waals surface area (Å²) in [5, 5.41) is 2.87. The van der Waals surface area contributed by atoms with Gasteiger partial charge in [0.1, 0.15) is 12.6 Å². The molecule has 0 aliphatic rings. The predicted octanol–water partition coefficient (Wildman–Crippen LogP) is 4.15. The zero-order chi connectivity index (χ0) is 27.9. The van der Waals surface area contributed by atoms with Gasteiger partial charge in [0, 0.05) is 19.5 Å². The van der Waals surface area contributed by atoms with Gasteiger partial charge in [0.2, 0.25) is 21.8 Å². The van der Waals surface area contributed by atoms with Crippen molar-refractivity contribution < 1.29 is 18.0 Å². The van der Waals surface area contributed by atoms with Gasteiger partial charge in [0.05, 0.1) is 11.9 Å². The minimum Gasteiger partial charge on any atom is -0.355 e. The summed E-state index contributed by atoms with van der Waals surface area (Å²) in [7, 11) is -3.80. The number of benzene rings is 3. The molecular formula is C30H37N3O4S. The maximum absolute atomic E-state index is 14.0. The SMILES string of the molecule is CCNC(=O)[C@H](Cc1ccccc1)N(Cc1cccc(C)c1)C(=O)CN(c1cccc(C)c1C)S(C)(=O)=O. The van der Waals surface area contributed by atoms with E-state index in [0.717, 1.165) is 38.4 Å². The highest BCUT2D eigenvalue weighted by Gasteiger charge is 2.33. The van der Waals surface area contributed by atoms with Gasteiger partial charge in [-0.15, -0.1) is 0 Å². The average Bonchev–Trinajstić information content (AvgIpc) is 2.86. The molecule has 0 spiro atoms. The van der Waals surface area contributed by atoms with Crippen LogP contribution in [0.2, 0.25) is 0 Å². The van der Waals surface area contributed by atoms with E-state index in [1.165, 1.54) is 4.90 Å². The van der Waals surface area contributed by atoms with Crippen molar-refractivity contribution in [2.75, 3.05) is 23.7 Å². The van der Waals surface area contributed by atoms with Gasteiger partial charge >= 0.3 is 0 Å². The number of amides is 2. The molecule has 7 nitrogen and oxygen atoms in total. The van der Waals surface area contributed by atoms with Gasteiger partial charge in [-0.1, -0.05) is 72.3 Å². The fourth-order valence-corrected chi connectivity index (χ4v) is 5.35. The van der Waals surface area contributed by atoms with Crippen LogP contribution in [0, 0.1) is 20.8 Å². The quantitative estimate of drug-likeness (QED) is 0.400. The normalized spacial score (nSPS) is 12.0. The molecule has 3 aromatic rings. The first kappa shape index (κ1) is 28.9. The van der Waals surface area contributed by atoms with E-state index in [0.29, 0.717) is 18.7 Å². The molecule has 2 amide bonds. The van der Waals surface area contributed by atoms with Crippen LogP contribution in [0.5, 0.6) is 0 Å². The maximum Gasteiger partial charge on any atom is 0.244 e. The van der Waals surface area contributed by atoms with Crippen LogP contribution in [0.3, 0.4) is 0 Å². The summed E-state index contributed by atoms with van der Waals surface area (Å²) < 4.78 is 27.0. The molecule has 1 atom stereocenters. The molecule has 1 N–H and O–H groups in total. The Labute approximate surface area is 226 Å². The molecule has 38 heavy (non-hydrogen) atoms. The Hall–Kier alpha value is -3.65. The van der Waals surface area contributed by atoms with Crippen molar-refractivity contribution in [1.82, 2.24) is 10.2 Å². The molecule has 0 saturated heterocycles. The van der Waals surface area contributed by atoms with Crippen molar-refractivity contribution in [3.63, 3.8) is 0 Å². The van der Waals surface area contributed by atoms with Gasteiger partial charge in [-0.3, -0.25) is 13.9 Å². The summed E-state index contributed by atoms with van der Waals surface area (Å²) in [6.07, 6.45) is 1.39. The molecule has 202 valence electrons. The third-order valence-corrected chi connectivity index (χ3v) is 7.71. The first-order valence-electron chi connectivity index (χ1n) is 12.7. The number of anilines is 1. The Balaban J connectivity index is 2.07. The summed E-state index contributed by atoms with van der Waals surface area (Å²) in [5.41, 5.74) is 4.94. The van der Waals surface area contributed by atoms with E-state index in [1.54, 1.807) is 12.1 Å². The van der Waals surface area contributed by atoms with Crippen molar-refractivity contribution in [2.45, 2.75) is 46.7 Å². The first-order chi connectivity index (χ1) is 18.0. The molecule has 3 rings (SSSR count). The molecular weight excluding hydrogens is 498 g/mol. The summed E-state index contributed by atoms with van der Waals surface area (Å²) in [5.74, 6) is -0.736. The molecule has 0 unspecified atom stereocenters. The van der Waals surface area contributed by atoms with Gasteiger partial charge in [0.15, 0.2) is 0 Å². The van der Waals surface area contributed by atoms with Crippen molar-refractivity contribution in [3.8, 4) is 0 Å². The molecule has 0 fully saturated rings. The largest absolute Gasteiger partial charge is 0.355 e. The van der Waals surface area contributed by atoms with Crippen LogP contribution in [-0.4, -0.2) is 50.5 Å². The lowest BCUT2D eigenvalue weighted by molar-refractivity contribution is -0.140. The van der Waals surface area contributed by atoms with E-state index in [9.17, 15) is 18.0 Å². The lowest BCUT2D eigenvalue weighted by atomic mass is 10.0. The number of nitrogens with one attached hydrogen (secondary N) is 1. The van der Waals surface area contributed by atoms with Crippen LogP contribution in [0.1, 0.15) is 34.7 Å². The molecule has 0 aliphatic carbocycles. The fraction of sp³-hybridized carbons (Fsp3) is 0.333. The molecule has 0 heterocycles. The highest BCUT2D eigenvalue weighted by atomic mass is 32.2. The van der Waals surface area contributed by atoms with E-state index >= 15 is 0 Å². The van der Waals surface area contributed by atoms with E-state index in [2.05, 4.69) is 5.32 Å². The average molecular weight is 536 g/mol. The van der Waals surface area contributed by atoms with Gasteiger partial charge in [-0.2, -0.15) is 0 Å². The summed E-state index contributed by atoms with van der Waals surface area (Å²) in [6.45, 7) is 7.69. The standard InChI is InChI=1S/C30H37N3O4S/c1-6-31-30(35)28(19-25-14-8-7-9-15-25)32(20-26-16-10-12-22(2)18-26)29(34)21-33(38(5,36)37)27-17-11-13-23(3)24(27)4/h7-18,28H,6,19-21H2,1-5H3,(H,31,35)/t28-/m0/s1. The van der Waals surface area contributed by atoms with Crippen LogP contribution >= 0.6 is 0 Å². The molecule has 0 radical (unpaired) electrons.